The Hall–Kier alpha value is 0. The predicted molar refractivity (Wildman–Crippen MR) is 62.2 cm³/mol. The minimum Gasteiger partial charge on any atom is -0.0651 e. The molecule has 2 aliphatic rings. The Morgan fingerprint density at radius 1 is 1.07 bits per heavy atom. The lowest BCUT2D eigenvalue weighted by Crippen LogP contribution is -2.33. The van der Waals surface area contributed by atoms with E-state index in [4.69, 9.17) is 0 Å². The lowest BCUT2D eigenvalue weighted by molar-refractivity contribution is 0.0825. The SMILES string of the molecule is CCC1CCC2C(C2(C)C)C1(C)CC. The van der Waals surface area contributed by atoms with E-state index in [1.54, 1.807) is 0 Å². The Morgan fingerprint density at radius 2 is 1.71 bits per heavy atom. The van der Waals surface area contributed by atoms with Gasteiger partial charge in [0.25, 0.3) is 0 Å². The number of rotatable bonds is 2. The standard InChI is InChI=1S/C14H26/c1-6-10-8-9-11-12(13(11,3)4)14(10,5)7-2/h10-12H,6-9H2,1-5H3. The summed E-state index contributed by atoms with van der Waals surface area (Å²) in [4.78, 5) is 0. The van der Waals surface area contributed by atoms with Crippen LogP contribution in [0.4, 0.5) is 0 Å². The molecule has 4 unspecified atom stereocenters. The van der Waals surface area contributed by atoms with Crippen LogP contribution in [0.2, 0.25) is 0 Å². The van der Waals surface area contributed by atoms with E-state index in [9.17, 15) is 0 Å². The average Bonchev–Trinajstić information content (AvgIpc) is 2.71. The van der Waals surface area contributed by atoms with Crippen molar-refractivity contribution < 1.29 is 0 Å². The fourth-order valence-corrected chi connectivity index (χ4v) is 4.74. The molecule has 0 nitrogen and oxygen atoms in total. The fraction of sp³-hybridized carbons (Fsp3) is 1.00. The van der Waals surface area contributed by atoms with E-state index in [0.29, 0.717) is 10.8 Å². The minimum absolute atomic E-state index is 0.654. The maximum Gasteiger partial charge on any atom is -0.0264 e. The molecule has 0 amide bonds. The van der Waals surface area contributed by atoms with Gasteiger partial charge in [0.15, 0.2) is 0 Å². The maximum absolute atomic E-state index is 2.56. The van der Waals surface area contributed by atoms with Crippen molar-refractivity contribution in [3.8, 4) is 0 Å². The van der Waals surface area contributed by atoms with Crippen molar-refractivity contribution in [3.63, 3.8) is 0 Å². The average molecular weight is 194 g/mol. The highest BCUT2D eigenvalue weighted by Gasteiger charge is 2.67. The molecule has 4 atom stereocenters. The van der Waals surface area contributed by atoms with Crippen molar-refractivity contribution in [1.29, 1.82) is 0 Å². The monoisotopic (exact) mass is 194 g/mol. The van der Waals surface area contributed by atoms with Gasteiger partial charge in [0.2, 0.25) is 0 Å². The summed E-state index contributed by atoms with van der Waals surface area (Å²) < 4.78 is 0. The van der Waals surface area contributed by atoms with Crippen LogP contribution >= 0.6 is 0 Å². The Morgan fingerprint density at radius 3 is 2.21 bits per heavy atom. The van der Waals surface area contributed by atoms with Crippen LogP contribution in [0.15, 0.2) is 0 Å². The Labute approximate surface area is 89.5 Å². The lowest BCUT2D eigenvalue weighted by Gasteiger charge is -2.41. The Bertz CT molecular complexity index is 228. The van der Waals surface area contributed by atoms with Crippen LogP contribution in [0.5, 0.6) is 0 Å². The van der Waals surface area contributed by atoms with Gasteiger partial charge in [-0.25, -0.2) is 0 Å². The molecule has 0 heteroatoms. The van der Waals surface area contributed by atoms with Crippen LogP contribution in [-0.4, -0.2) is 0 Å². The second-order valence-electron chi connectivity index (χ2n) is 6.45. The van der Waals surface area contributed by atoms with Crippen LogP contribution in [-0.2, 0) is 0 Å². The van der Waals surface area contributed by atoms with E-state index in [2.05, 4.69) is 34.6 Å². The van der Waals surface area contributed by atoms with Crippen LogP contribution in [0.25, 0.3) is 0 Å². The molecule has 0 aromatic rings. The third kappa shape index (κ3) is 1.12. The molecular weight excluding hydrogens is 168 g/mol. The molecule has 0 N–H and O–H groups in total. The lowest BCUT2D eigenvalue weighted by atomic mass is 9.64. The number of hydrogen-bond acceptors (Lipinski definition) is 0. The van der Waals surface area contributed by atoms with Crippen molar-refractivity contribution in [2.75, 3.05) is 0 Å². The topological polar surface area (TPSA) is 0 Å². The molecular formula is C14H26. The fourth-order valence-electron chi connectivity index (χ4n) is 4.74. The second kappa shape index (κ2) is 3.00. The molecule has 0 saturated heterocycles. The first-order valence-electron chi connectivity index (χ1n) is 6.48. The van der Waals surface area contributed by atoms with Gasteiger partial charge in [-0.05, 0) is 41.4 Å². The normalized spacial score (nSPS) is 49.9. The third-order valence-corrected chi connectivity index (χ3v) is 5.77. The van der Waals surface area contributed by atoms with Crippen LogP contribution in [0, 0.1) is 28.6 Å². The molecule has 0 aromatic heterocycles. The third-order valence-electron chi connectivity index (χ3n) is 5.77. The van der Waals surface area contributed by atoms with E-state index < -0.39 is 0 Å². The van der Waals surface area contributed by atoms with E-state index in [0.717, 1.165) is 17.8 Å². The molecule has 2 fully saturated rings. The summed E-state index contributed by atoms with van der Waals surface area (Å²) in [6.07, 6.45) is 5.77. The van der Waals surface area contributed by atoms with Gasteiger partial charge in [0.05, 0.1) is 0 Å². The van der Waals surface area contributed by atoms with E-state index in [-0.39, 0.29) is 0 Å². The molecule has 0 bridgehead atoms. The van der Waals surface area contributed by atoms with Crippen LogP contribution in [0.3, 0.4) is 0 Å². The molecule has 0 aromatic carbocycles. The molecule has 2 aliphatic carbocycles. The number of fused-ring (bicyclic) bond motifs is 1. The van der Waals surface area contributed by atoms with Crippen molar-refractivity contribution >= 4 is 0 Å². The molecule has 0 aliphatic heterocycles. The molecule has 2 saturated carbocycles. The first kappa shape index (κ1) is 10.5. The van der Waals surface area contributed by atoms with E-state index in [1.165, 1.54) is 25.7 Å². The predicted octanol–water partition coefficient (Wildman–Crippen LogP) is 4.49. The van der Waals surface area contributed by atoms with Gasteiger partial charge in [-0.15, -0.1) is 0 Å². The molecule has 0 radical (unpaired) electrons. The summed E-state index contributed by atoms with van der Waals surface area (Å²) in [7, 11) is 0. The van der Waals surface area contributed by atoms with Crippen molar-refractivity contribution in [2.24, 2.45) is 28.6 Å². The zero-order chi connectivity index (χ0) is 10.6. The second-order valence-corrected chi connectivity index (χ2v) is 6.45. The summed E-state index contributed by atoms with van der Waals surface area (Å²) in [5, 5.41) is 0. The largest absolute Gasteiger partial charge is 0.0651 e. The smallest absolute Gasteiger partial charge is 0.0264 e. The molecule has 0 spiro atoms. The molecule has 82 valence electrons. The summed E-state index contributed by atoms with van der Waals surface area (Å²) in [6.45, 7) is 12.3. The van der Waals surface area contributed by atoms with Crippen molar-refractivity contribution in [1.82, 2.24) is 0 Å². The van der Waals surface area contributed by atoms with Gasteiger partial charge in [-0.2, -0.15) is 0 Å². The van der Waals surface area contributed by atoms with E-state index >= 15 is 0 Å². The van der Waals surface area contributed by atoms with Crippen molar-refractivity contribution in [2.45, 2.75) is 60.3 Å². The summed E-state index contributed by atoms with van der Waals surface area (Å²) in [6, 6.07) is 0. The molecule has 0 heterocycles. The molecule has 2 rings (SSSR count). The minimum atomic E-state index is 0.654. The van der Waals surface area contributed by atoms with Gasteiger partial charge in [0, 0.05) is 0 Å². The Kier molecular flexibility index (Phi) is 2.25. The highest BCUT2D eigenvalue weighted by Crippen LogP contribution is 2.73. The van der Waals surface area contributed by atoms with Crippen LogP contribution in [0.1, 0.15) is 60.3 Å². The molecule has 14 heavy (non-hydrogen) atoms. The zero-order valence-electron chi connectivity index (χ0n) is 10.6. The first-order chi connectivity index (χ1) is 6.48. The maximum atomic E-state index is 2.56. The first-order valence-corrected chi connectivity index (χ1v) is 6.48. The Balaban J connectivity index is 2.24. The van der Waals surface area contributed by atoms with E-state index in [1.807, 2.05) is 0 Å². The zero-order valence-corrected chi connectivity index (χ0v) is 10.6. The van der Waals surface area contributed by atoms with Crippen LogP contribution < -0.4 is 0 Å². The summed E-state index contributed by atoms with van der Waals surface area (Å²) in [5.41, 5.74) is 1.32. The summed E-state index contributed by atoms with van der Waals surface area (Å²) >= 11 is 0. The van der Waals surface area contributed by atoms with Gasteiger partial charge < -0.3 is 0 Å². The van der Waals surface area contributed by atoms with Gasteiger partial charge in [-0.3, -0.25) is 0 Å². The quantitative estimate of drug-likeness (QED) is 0.607. The van der Waals surface area contributed by atoms with Gasteiger partial charge in [-0.1, -0.05) is 47.5 Å². The van der Waals surface area contributed by atoms with Gasteiger partial charge in [0.1, 0.15) is 0 Å². The number of hydrogen-bond donors (Lipinski definition) is 0. The van der Waals surface area contributed by atoms with Gasteiger partial charge >= 0.3 is 0 Å². The highest BCUT2D eigenvalue weighted by molar-refractivity contribution is 5.15. The van der Waals surface area contributed by atoms with Crippen molar-refractivity contribution in [3.05, 3.63) is 0 Å². The highest BCUT2D eigenvalue weighted by atomic mass is 14.7. The summed E-state index contributed by atoms with van der Waals surface area (Å²) in [5.74, 6) is 3.07.